The SMILES string of the molecule is CCN(C(=O)C1CC(=O)N(c2ccc3c(c2)OCCO3)C1)c1cccc(C)c1. The maximum Gasteiger partial charge on any atom is 0.232 e. The Hall–Kier alpha value is -3.02. The van der Waals surface area contributed by atoms with Crippen LogP contribution >= 0.6 is 0 Å². The van der Waals surface area contributed by atoms with Gasteiger partial charge in [0.05, 0.1) is 5.92 Å². The van der Waals surface area contributed by atoms with E-state index in [4.69, 9.17) is 9.47 Å². The quantitative estimate of drug-likeness (QED) is 0.818. The molecule has 0 N–H and O–H groups in total. The van der Waals surface area contributed by atoms with Crippen LogP contribution < -0.4 is 19.3 Å². The molecule has 0 bridgehead atoms. The van der Waals surface area contributed by atoms with Crippen molar-refractivity contribution < 1.29 is 19.1 Å². The smallest absolute Gasteiger partial charge is 0.232 e. The van der Waals surface area contributed by atoms with E-state index < -0.39 is 0 Å². The number of ether oxygens (including phenoxy) is 2. The van der Waals surface area contributed by atoms with Crippen LogP contribution in [0.25, 0.3) is 0 Å². The predicted octanol–water partition coefficient (Wildman–Crippen LogP) is 3.17. The highest BCUT2D eigenvalue weighted by atomic mass is 16.6. The summed E-state index contributed by atoms with van der Waals surface area (Å²) >= 11 is 0. The van der Waals surface area contributed by atoms with Crippen molar-refractivity contribution in [2.24, 2.45) is 5.92 Å². The minimum Gasteiger partial charge on any atom is -0.486 e. The second-order valence-corrected chi connectivity index (χ2v) is 7.15. The van der Waals surface area contributed by atoms with Crippen LogP contribution in [0.2, 0.25) is 0 Å². The van der Waals surface area contributed by atoms with Gasteiger partial charge in [0.2, 0.25) is 11.8 Å². The molecule has 0 spiro atoms. The van der Waals surface area contributed by atoms with E-state index >= 15 is 0 Å². The summed E-state index contributed by atoms with van der Waals surface area (Å²) in [6, 6.07) is 13.4. The zero-order valence-electron chi connectivity index (χ0n) is 16.2. The molecule has 146 valence electrons. The lowest BCUT2D eigenvalue weighted by atomic mass is 10.1. The fourth-order valence-electron chi connectivity index (χ4n) is 3.80. The monoisotopic (exact) mass is 380 g/mol. The molecule has 6 heteroatoms. The van der Waals surface area contributed by atoms with Crippen molar-refractivity contribution in [2.45, 2.75) is 20.3 Å². The van der Waals surface area contributed by atoms with Gasteiger partial charge in [-0.05, 0) is 43.7 Å². The van der Waals surface area contributed by atoms with E-state index in [1.54, 1.807) is 9.80 Å². The molecule has 0 radical (unpaired) electrons. The van der Waals surface area contributed by atoms with Crippen LogP contribution in [0.3, 0.4) is 0 Å². The van der Waals surface area contributed by atoms with Crippen LogP contribution in [0, 0.1) is 12.8 Å². The number of hydrogen-bond acceptors (Lipinski definition) is 4. The Morgan fingerprint density at radius 3 is 2.68 bits per heavy atom. The van der Waals surface area contributed by atoms with Gasteiger partial charge in [0, 0.05) is 37.0 Å². The summed E-state index contributed by atoms with van der Waals surface area (Å²) in [5, 5.41) is 0. The third-order valence-electron chi connectivity index (χ3n) is 5.21. The van der Waals surface area contributed by atoms with E-state index in [0.717, 1.165) is 16.9 Å². The van der Waals surface area contributed by atoms with Crippen molar-refractivity contribution in [2.75, 3.05) is 36.1 Å². The van der Waals surface area contributed by atoms with Crippen LogP contribution in [0.1, 0.15) is 18.9 Å². The van der Waals surface area contributed by atoms with Crippen molar-refractivity contribution in [3.05, 3.63) is 48.0 Å². The standard InChI is InChI=1S/C22H24N2O4/c1-3-23(17-6-4-5-15(2)11-17)22(26)16-12-21(25)24(14-16)18-7-8-19-20(13-18)28-10-9-27-19/h4-8,11,13,16H,3,9-10,12,14H2,1-2H3. The Labute approximate surface area is 164 Å². The van der Waals surface area contributed by atoms with E-state index in [9.17, 15) is 9.59 Å². The molecule has 28 heavy (non-hydrogen) atoms. The molecule has 2 heterocycles. The third-order valence-corrected chi connectivity index (χ3v) is 5.21. The lowest BCUT2D eigenvalue weighted by molar-refractivity contribution is -0.124. The lowest BCUT2D eigenvalue weighted by Crippen LogP contribution is -2.37. The Balaban J connectivity index is 1.53. The first-order valence-electron chi connectivity index (χ1n) is 9.65. The second kappa shape index (κ2) is 7.54. The fraction of sp³-hybridized carbons (Fsp3) is 0.364. The van der Waals surface area contributed by atoms with Crippen LogP contribution in [0.4, 0.5) is 11.4 Å². The maximum atomic E-state index is 13.1. The average Bonchev–Trinajstić information content (AvgIpc) is 3.10. The number of carbonyl (C=O) groups excluding carboxylic acids is 2. The molecular weight excluding hydrogens is 356 g/mol. The summed E-state index contributed by atoms with van der Waals surface area (Å²) in [6.45, 7) is 5.92. The van der Waals surface area contributed by atoms with Crippen molar-refractivity contribution in [1.82, 2.24) is 0 Å². The maximum absolute atomic E-state index is 13.1. The number of amides is 2. The highest BCUT2D eigenvalue weighted by molar-refractivity contribution is 6.04. The number of anilines is 2. The molecular formula is C22H24N2O4. The number of carbonyl (C=O) groups is 2. The van der Waals surface area contributed by atoms with E-state index in [1.807, 2.05) is 56.3 Å². The second-order valence-electron chi connectivity index (χ2n) is 7.15. The Bertz CT molecular complexity index is 911. The highest BCUT2D eigenvalue weighted by Crippen LogP contribution is 2.36. The van der Waals surface area contributed by atoms with Crippen molar-refractivity contribution in [3.63, 3.8) is 0 Å². The first-order valence-corrected chi connectivity index (χ1v) is 9.65. The van der Waals surface area contributed by atoms with Gasteiger partial charge in [-0.3, -0.25) is 9.59 Å². The number of fused-ring (bicyclic) bond motifs is 1. The van der Waals surface area contributed by atoms with E-state index in [-0.39, 0.29) is 24.2 Å². The van der Waals surface area contributed by atoms with Gasteiger partial charge < -0.3 is 19.3 Å². The molecule has 6 nitrogen and oxygen atoms in total. The molecule has 1 fully saturated rings. The molecule has 0 aliphatic carbocycles. The van der Waals surface area contributed by atoms with Crippen molar-refractivity contribution in [1.29, 1.82) is 0 Å². The summed E-state index contributed by atoms with van der Waals surface area (Å²) in [7, 11) is 0. The normalized spacial score (nSPS) is 18.3. The van der Waals surface area contributed by atoms with E-state index in [1.165, 1.54) is 0 Å². The average molecular weight is 380 g/mol. The third kappa shape index (κ3) is 3.42. The number of nitrogens with zero attached hydrogens (tertiary/aromatic N) is 2. The molecule has 1 unspecified atom stereocenters. The zero-order valence-corrected chi connectivity index (χ0v) is 16.2. The molecule has 4 rings (SSSR count). The summed E-state index contributed by atoms with van der Waals surface area (Å²) in [5.41, 5.74) is 2.71. The van der Waals surface area contributed by atoms with Gasteiger partial charge in [0.15, 0.2) is 11.5 Å². The first-order chi connectivity index (χ1) is 13.6. The Morgan fingerprint density at radius 1 is 1.14 bits per heavy atom. The Morgan fingerprint density at radius 2 is 1.93 bits per heavy atom. The fourth-order valence-corrected chi connectivity index (χ4v) is 3.80. The van der Waals surface area contributed by atoms with Gasteiger partial charge in [0.25, 0.3) is 0 Å². The molecule has 2 aliphatic rings. The number of hydrogen-bond donors (Lipinski definition) is 0. The van der Waals surface area contributed by atoms with Gasteiger partial charge >= 0.3 is 0 Å². The van der Waals surface area contributed by atoms with Gasteiger partial charge in [-0.25, -0.2) is 0 Å². The lowest BCUT2D eigenvalue weighted by Gasteiger charge is -2.25. The topological polar surface area (TPSA) is 59.1 Å². The van der Waals surface area contributed by atoms with E-state index in [2.05, 4.69) is 0 Å². The summed E-state index contributed by atoms with van der Waals surface area (Å²) in [5.74, 6) is 0.908. The van der Waals surface area contributed by atoms with E-state index in [0.29, 0.717) is 37.8 Å². The van der Waals surface area contributed by atoms with Crippen LogP contribution in [-0.4, -0.2) is 38.1 Å². The summed E-state index contributed by atoms with van der Waals surface area (Å²) in [4.78, 5) is 29.2. The minimum atomic E-state index is -0.360. The van der Waals surface area contributed by atoms with Crippen molar-refractivity contribution in [3.8, 4) is 11.5 Å². The van der Waals surface area contributed by atoms with Crippen LogP contribution in [0.5, 0.6) is 11.5 Å². The molecule has 2 aromatic carbocycles. The van der Waals surface area contributed by atoms with Gasteiger partial charge in [0.1, 0.15) is 13.2 Å². The molecule has 0 saturated carbocycles. The molecule has 1 saturated heterocycles. The number of aryl methyl sites for hydroxylation is 1. The van der Waals surface area contributed by atoms with Crippen LogP contribution in [0.15, 0.2) is 42.5 Å². The molecule has 2 aromatic rings. The zero-order chi connectivity index (χ0) is 19.7. The predicted molar refractivity (Wildman–Crippen MR) is 107 cm³/mol. The first kappa shape index (κ1) is 18.3. The van der Waals surface area contributed by atoms with Gasteiger partial charge in [-0.2, -0.15) is 0 Å². The molecule has 0 aromatic heterocycles. The Kier molecular flexibility index (Phi) is 4.94. The van der Waals surface area contributed by atoms with Gasteiger partial charge in [-0.15, -0.1) is 0 Å². The van der Waals surface area contributed by atoms with Gasteiger partial charge in [-0.1, -0.05) is 12.1 Å². The molecule has 1 atom stereocenters. The molecule has 2 aliphatic heterocycles. The number of rotatable bonds is 4. The summed E-state index contributed by atoms with van der Waals surface area (Å²) < 4.78 is 11.2. The van der Waals surface area contributed by atoms with Crippen LogP contribution in [-0.2, 0) is 9.59 Å². The largest absolute Gasteiger partial charge is 0.486 e. The van der Waals surface area contributed by atoms with Crippen molar-refractivity contribution >= 4 is 23.2 Å². The minimum absolute atomic E-state index is 0.0125. The summed E-state index contributed by atoms with van der Waals surface area (Å²) in [6.07, 6.45) is 0.218. The molecule has 2 amide bonds. The highest BCUT2D eigenvalue weighted by Gasteiger charge is 2.37. The number of benzene rings is 2.